The number of urea groups is 1. The predicted octanol–water partition coefficient (Wildman–Crippen LogP) is 1.66. The summed E-state index contributed by atoms with van der Waals surface area (Å²) in [5.74, 6) is -0.172. The molecule has 0 aliphatic heterocycles. The highest BCUT2D eigenvalue weighted by Gasteiger charge is 2.04. The second-order valence-corrected chi connectivity index (χ2v) is 4.61. The van der Waals surface area contributed by atoms with Gasteiger partial charge in [-0.2, -0.15) is 0 Å². The molecule has 3 N–H and O–H groups in total. The molecule has 1 rings (SSSR count). The summed E-state index contributed by atoms with van der Waals surface area (Å²) in [7, 11) is 0. The van der Waals surface area contributed by atoms with E-state index >= 15 is 0 Å². The predicted molar refractivity (Wildman–Crippen MR) is 78.1 cm³/mol. The normalized spacial score (nSPS) is 9.53. The summed E-state index contributed by atoms with van der Waals surface area (Å²) in [5, 5.41) is 7.90. The maximum absolute atomic E-state index is 11.7. The fraction of sp³-hybridized carbons (Fsp3) is 0.231. The number of hydrogen-bond donors (Lipinski definition) is 3. The van der Waals surface area contributed by atoms with Crippen molar-refractivity contribution in [2.45, 2.75) is 0 Å². The smallest absolute Gasteiger partial charge is 0.315 e. The fourth-order valence-electron chi connectivity index (χ4n) is 1.31. The second-order valence-electron chi connectivity index (χ2n) is 3.69. The summed E-state index contributed by atoms with van der Waals surface area (Å²) in [6.07, 6.45) is 1.59. The molecule has 19 heavy (non-hydrogen) atoms. The van der Waals surface area contributed by atoms with Crippen molar-refractivity contribution in [2.75, 3.05) is 19.6 Å². The van der Waals surface area contributed by atoms with Crippen LogP contribution in [0.5, 0.6) is 0 Å². The first-order valence-corrected chi connectivity index (χ1v) is 6.59. The standard InChI is InChI=1S/C13H16BrN3O2/c1-2-6-16-13(19)17-8-7-15-12(18)10-4-3-5-11(14)9-10/h2-5,9H,1,6-8H2,(H,15,18)(H2,16,17,19). The Balaban J connectivity index is 2.24. The van der Waals surface area contributed by atoms with Crippen molar-refractivity contribution in [2.24, 2.45) is 0 Å². The quantitative estimate of drug-likeness (QED) is 0.550. The van der Waals surface area contributed by atoms with Crippen LogP contribution in [0.2, 0.25) is 0 Å². The van der Waals surface area contributed by atoms with Crippen LogP contribution in [0.1, 0.15) is 10.4 Å². The van der Waals surface area contributed by atoms with Crippen LogP contribution in [0.25, 0.3) is 0 Å². The van der Waals surface area contributed by atoms with Crippen LogP contribution in [-0.2, 0) is 0 Å². The van der Waals surface area contributed by atoms with Gasteiger partial charge in [0.25, 0.3) is 5.91 Å². The molecule has 0 spiro atoms. The van der Waals surface area contributed by atoms with Crippen LogP contribution in [0.15, 0.2) is 41.4 Å². The van der Waals surface area contributed by atoms with Crippen LogP contribution in [0.3, 0.4) is 0 Å². The van der Waals surface area contributed by atoms with E-state index in [1.54, 1.807) is 24.3 Å². The zero-order valence-corrected chi connectivity index (χ0v) is 12.0. The molecule has 0 fully saturated rings. The number of benzene rings is 1. The largest absolute Gasteiger partial charge is 0.350 e. The lowest BCUT2D eigenvalue weighted by Crippen LogP contribution is -2.40. The summed E-state index contributed by atoms with van der Waals surface area (Å²) in [5.41, 5.74) is 0.575. The number of halogens is 1. The van der Waals surface area contributed by atoms with Gasteiger partial charge in [0.2, 0.25) is 0 Å². The van der Waals surface area contributed by atoms with Crippen LogP contribution in [-0.4, -0.2) is 31.6 Å². The van der Waals surface area contributed by atoms with Crippen molar-refractivity contribution in [3.8, 4) is 0 Å². The molecule has 0 aromatic heterocycles. The van der Waals surface area contributed by atoms with E-state index in [0.29, 0.717) is 25.2 Å². The van der Waals surface area contributed by atoms with Gasteiger partial charge in [-0.05, 0) is 18.2 Å². The van der Waals surface area contributed by atoms with E-state index < -0.39 is 0 Å². The summed E-state index contributed by atoms with van der Waals surface area (Å²) in [6, 6.07) is 6.82. The van der Waals surface area contributed by atoms with Gasteiger partial charge in [0, 0.05) is 29.7 Å². The Morgan fingerprint density at radius 3 is 2.63 bits per heavy atom. The Hall–Kier alpha value is -1.82. The summed E-state index contributed by atoms with van der Waals surface area (Å²) in [4.78, 5) is 22.9. The second kappa shape index (κ2) is 8.31. The molecule has 0 heterocycles. The van der Waals surface area contributed by atoms with Crippen molar-refractivity contribution in [1.29, 1.82) is 0 Å². The Bertz CT molecular complexity index is 463. The van der Waals surface area contributed by atoms with Crippen molar-refractivity contribution in [3.05, 3.63) is 47.0 Å². The number of carbonyl (C=O) groups is 2. The third-order valence-corrected chi connectivity index (χ3v) is 2.68. The highest BCUT2D eigenvalue weighted by molar-refractivity contribution is 9.10. The molecule has 0 aliphatic rings. The average Bonchev–Trinajstić information content (AvgIpc) is 2.41. The Kier molecular flexibility index (Phi) is 6.67. The first kappa shape index (κ1) is 15.2. The van der Waals surface area contributed by atoms with Gasteiger partial charge in [-0.3, -0.25) is 4.79 Å². The highest BCUT2D eigenvalue weighted by Crippen LogP contribution is 2.11. The lowest BCUT2D eigenvalue weighted by Gasteiger charge is -2.07. The van der Waals surface area contributed by atoms with E-state index in [1.807, 2.05) is 6.07 Å². The summed E-state index contributed by atoms with van der Waals surface area (Å²) >= 11 is 3.30. The Morgan fingerprint density at radius 2 is 1.95 bits per heavy atom. The molecule has 3 amide bonds. The van der Waals surface area contributed by atoms with Crippen LogP contribution in [0.4, 0.5) is 4.79 Å². The maximum Gasteiger partial charge on any atom is 0.315 e. The van der Waals surface area contributed by atoms with Crippen LogP contribution in [0, 0.1) is 0 Å². The zero-order chi connectivity index (χ0) is 14.1. The first-order chi connectivity index (χ1) is 9.13. The molecule has 0 radical (unpaired) electrons. The Labute approximate surface area is 120 Å². The lowest BCUT2D eigenvalue weighted by atomic mass is 10.2. The molecule has 102 valence electrons. The summed E-state index contributed by atoms with van der Waals surface area (Å²) in [6.45, 7) is 4.63. The van der Waals surface area contributed by atoms with Crippen LogP contribution < -0.4 is 16.0 Å². The van der Waals surface area contributed by atoms with Crippen molar-refractivity contribution in [1.82, 2.24) is 16.0 Å². The van der Waals surface area contributed by atoms with Gasteiger partial charge in [0.05, 0.1) is 0 Å². The number of carbonyl (C=O) groups excluding carboxylic acids is 2. The van der Waals surface area contributed by atoms with Gasteiger partial charge in [-0.25, -0.2) is 4.79 Å². The van der Waals surface area contributed by atoms with Gasteiger partial charge < -0.3 is 16.0 Å². The SMILES string of the molecule is C=CCNC(=O)NCCNC(=O)c1cccc(Br)c1. The monoisotopic (exact) mass is 325 g/mol. The molecule has 6 heteroatoms. The van der Waals surface area contributed by atoms with E-state index in [4.69, 9.17) is 0 Å². The molecule has 0 atom stereocenters. The number of hydrogen-bond acceptors (Lipinski definition) is 2. The average molecular weight is 326 g/mol. The van der Waals surface area contributed by atoms with Gasteiger partial charge >= 0.3 is 6.03 Å². The molecule has 0 aliphatic carbocycles. The minimum absolute atomic E-state index is 0.172. The van der Waals surface area contributed by atoms with Crippen molar-refractivity contribution >= 4 is 27.9 Å². The molecule has 1 aromatic rings. The van der Waals surface area contributed by atoms with Crippen molar-refractivity contribution < 1.29 is 9.59 Å². The molecule has 0 saturated carbocycles. The molecular formula is C13H16BrN3O2. The van der Waals surface area contributed by atoms with E-state index in [2.05, 4.69) is 38.5 Å². The van der Waals surface area contributed by atoms with Gasteiger partial charge in [0.1, 0.15) is 0 Å². The van der Waals surface area contributed by atoms with Gasteiger partial charge in [0.15, 0.2) is 0 Å². The van der Waals surface area contributed by atoms with Crippen LogP contribution >= 0.6 is 15.9 Å². The topological polar surface area (TPSA) is 70.2 Å². The van der Waals surface area contributed by atoms with E-state index in [1.165, 1.54) is 0 Å². The highest BCUT2D eigenvalue weighted by atomic mass is 79.9. The third-order valence-electron chi connectivity index (χ3n) is 2.19. The molecule has 1 aromatic carbocycles. The number of rotatable bonds is 6. The molecule has 0 bridgehead atoms. The van der Waals surface area contributed by atoms with Gasteiger partial charge in [-0.15, -0.1) is 6.58 Å². The Morgan fingerprint density at radius 1 is 1.21 bits per heavy atom. The minimum atomic E-state index is -0.281. The lowest BCUT2D eigenvalue weighted by molar-refractivity contribution is 0.0954. The molecular weight excluding hydrogens is 310 g/mol. The van der Waals surface area contributed by atoms with E-state index in [9.17, 15) is 9.59 Å². The summed E-state index contributed by atoms with van der Waals surface area (Å²) < 4.78 is 0.849. The molecule has 5 nitrogen and oxygen atoms in total. The number of nitrogens with one attached hydrogen (secondary N) is 3. The van der Waals surface area contributed by atoms with Gasteiger partial charge in [-0.1, -0.05) is 28.1 Å². The molecule has 0 unspecified atom stereocenters. The zero-order valence-electron chi connectivity index (χ0n) is 10.4. The fourth-order valence-corrected chi connectivity index (χ4v) is 1.71. The van der Waals surface area contributed by atoms with E-state index in [0.717, 1.165) is 4.47 Å². The van der Waals surface area contributed by atoms with E-state index in [-0.39, 0.29) is 11.9 Å². The first-order valence-electron chi connectivity index (χ1n) is 5.80. The number of amides is 3. The van der Waals surface area contributed by atoms with Crippen molar-refractivity contribution in [3.63, 3.8) is 0 Å². The minimum Gasteiger partial charge on any atom is -0.350 e. The maximum atomic E-state index is 11.7. The third kappa shape index (κ3) is 6.05. The molecule has 0 saturated heterocycles.